The molecule has 0 aromatic heterocycles. The number of nitriles is 1. The third-order valence-electron chi connectivity index (χ3n) is 2.02. The van der Waals surface area contributed by atoms with Gasteiger partial charge in [-0.15, -0.1) is 0 Å². The topological polar surface area (TPSA) is 65.3 Å². The summed E-state index contributed by atoms with van der Waals surface area (Å²) < 4.78 is 17.8. The van der Waals surface area contributed by atoms with E-state index in [0.717, 1.165) is 6.07 Å². The molecule has 1 aromatic carbocycles. The van der Waals surface area contributed by atoms with Gasteiger partial charge in [-0.1, -0.05) is 0 Å². The van der Waals surface area contributed by atoms with Gasteiger partial charge < -0.3 is 9.84 Å². The van der Waals surface area contributed by atoms with E-state index in [1.807, 2.05) is 6.07 Å². The second-order valence-electron chi connectivity index (χ2n) is 3.25. The minimum absolute atomic E-state index is 0.191. The summed E-state index contributed by atoms with van der Waals surface area (Å²) in [6, 6.07) is 4.90. The van der Waals surface area contributed by atoms with E-state index in [4.69, 9.17) is 10.00 Å². The lowest BCUT2D eigenvalue weighted by atomic mass is 10.1. The molecule has 0 spiro atoms. The van der Waals surface area contributed by atoms with Crippen molar-refractivity contribution in [1.82, 2.24) is 5.32 Å². The zero-order valence-electron chi connectivity index (χ0n) is 8.90. The molecule has 0 aliphatic heterocycles. The monoisotopic (exact) mass is 224 g/mol. The molecule has 0 saturated heterocycles. The molecule has 0 aliphatic rings. The Kier molecular flexibility index (Phi) is 4.70. The standard InChI is InChI=1S/C11H13FN2O2/c1-16-3-2-14-11(7-13)8-4-9(12)6-10(15)5-8/h4-6,11,14-15H,2-3H2,1H3. The van der Waals surface area contributed by atoms with Gasteiger partial charge in [0.25, 0.3) is 0 Å². The number of hydrogen-bond donors (Lipinski definition) is 2. The van der Waals surface area contributed by atoms with Crippen molar-refractivity contribution in [3.8, 4) is 11.8 Å². The van der Waals surface area contributed by atoms with Crippen LogP contribution in [-0.4, -0.2) is 25.4 Å². The van der Waals surface area contributed by atoms with Crippen LogP contribution in [0.3, 0.4) is 0 Å². The van der Waals surface area contributed by atoms with E-state index in [1.54, 1.807) is 7.11 Å². The molecule has 1 unspecified atom stereocenters. The molecular weight excluding hydrogens is 211 g/mol. The molecule has 1 aromatic rings. The molecule has 16 heavy (non-hydrogen) atoms. The highest BCUT2D eigenvalue weighted by Gasteiger charge is 2.11. The molecule has 5 heteroatoms. The molecule has 1 rings (SSSR count). The highest BCUT2D eigenvalue weighted by atomic mass is 19.1. The maximum atomic E-state index is 13.0. The van der Waals surface area contributed by atoms with Crippen LogP contribution in [0.2, 0.25) is 0 Å². The summed E-state index contributed by atoms with van der Waals surface area (Å²) in [5, 5.41) is 21.0. The Bertz CT molecular complexity index is 370. The molecule has 0 radical (unpaired) electrons. The van der Waals surface area contributed by atoms with E-state index in [0.29, 0.717) is 18.7 Å². The number of nitrogens with one attached hydrogen (secondary N) is 1. The zero-order valence-corrected chi connectivity index (χ0v) is 8.90. The average Bonchev–Trinajstić information content (AvgIpc) is 2.23. The highest BCUT2D eigenvalue weighted by molar-refractivity contribution is 5.32. The normalized spacial score (nSPS) is 12.1. The molecule has 0 amide bonds. The Morgan fingerprint density at radius 2 is 2.31 bits per heavy atom. The lowest BCUT2D eigenvalue weighted by Crippen LogP contribution is -2.24. The smallest absolute Gasteiger partial charge is 0.127 e. The van der Waals surface area contributed by atoms with Gasteiger partial charge in [-0.25, -0.2) is 4.39 Å². The van der Waals surface area contributed by atoms with Crippen LogP contribution < -0.4 is 5.32 Å². The van der Waals surface area contributed by atoms with E-state index in [9.17, 15) is 9.50 Å². The third kappa shape index (κ3) is 3.50. The highest BCUT2D eigenvalue weighted by Crippen LogP contribution is 2.19. The molecule has 2 N–H and O–H groups in total. The van der Waals surface area contributed by atoms with Gasteiger partial charge in [0.15, 0.2) is 0 Å². The number of methoxy groups -OCH3 is 1. The first kappa shape index (κ1) is 12.4. The van der Waals surface area contributed by atoms with E-state index < -0.39 is 11.9 Å². The number of hydrogen-bond acceptors (Lipinski definition) is 4. The molecule has 1 atom stereocenters. The molecule has 4 nitrogen and oxygen atoms in total. The zero-order chi connectivity index (χ0) is 12.0. The lowest BCUT2D eigenvalue weighted by Gasteiger charge is -2.11. The molecular formula is C11H13FN2O2. The molecule has 86 valence electrons. The second kappa shape index (κ2) is 6.05. The van der Waals surface area contributed by atoms with Gasteiger partial charge in [0, 0.05) is 19.7 Å². The Morgan fingerprint density at radius 3 is 2.88 bits per heavy atom. The van der Waals surface area contributed by atoms with Crippen molar-refractivity contribution in [1.29, 1.82) is 5.26 Å². The summed E-state index contributed by atoms with van der Waals surface area (Å²) in [5.41, 5.74) is 0.399. The van der Waals surface area contributed by atoms with Crippen LogP contribution >= 0.6 is 0 Å². The maximum Gasteiger partial charge on any atom is 0.127 e. The predicted octanol–water partition coefficient (Wildman–Crippen LogP) is 1.33. The van der Waals surface area contributed by atoms with E-state index >= 15 is 0 Å². The first-order chi connectivity index (χ1) is 7.67. The lowest BCUT2D eigenvalue weighted by molar-refractivity contribution is 0.198. The van der Waals surface area contributed by atoms with Crippen LogP contribution in [0.25, 0.3) is 0 Å². The van der Waals surface area contributed by atoms with Gasteiger partial charge in [-0.3, -0.25) is 5.32 Å². The second-order valence-corrected chi connectivity index (χ2v) is 3.25. The van der Waals surface area contributed by atoms with Crippen LogP contribution in [0.4, 0.5) is 4.39 Å². The number of nitrogens with zero attached hydrogens (tertiary/aromatic N) is 1. The van der Waals surface area contributed by atoms with E-state index in [1.165, 1.54) is 12.1 Å². The molecule has 0 heterocycles. The summed E-state index contributed by atoms with van der Waals surface area (Å²) in [7, 11) is 1.55. The number of aromatic hydroxyl groups is 1. The van der Waals surface area contributed by atoms with Crippen LogP contribution in [0.15, 0.2) is 18.2 Å². The number of phenols is 1. The van der Waals surface area contributed by atoms with Gasteiger partial charge in [0.05, 0.1) is 12.7 Å². The maximum absolute atomic E-state index is 13.0. The van der Waals surface area contributed by atoms with Gasteiger partial charge >= 0.3 is 0 Å². The van der Waals surface area contributed by atoms with Crippen molar-refractivity contribution in [3.05, 3.63) is 29.6 Å². The molecule has 0 bridgehead atoms. The summed E-state index contributed by atoms with van der Waals surface area (Å²) in [5.74, 6) is -0.757. The fourth-order valence-electron chi connectivity index (χ4n) is 1.31. The van der Waals surface area contributed by atoms with Crippen LogP contribution in [-0.2, 0) is 4.74 Å². The Hall–Kier alpha value is -1.64. The van der Waals surface area contributed by atoms with Crippen molar-refractivity contribution in [2.24, 2.45) is 0 Å². The summed E-state index contributed by atoms with van der Waals surface area (Å²) in [6.07, 6.45) is 0. The fourth-order valence-corrected chi connectivity index (χ4v) is 1.31. The number of phenolic OH excluding ortho intramolecular Hbond substituents is 1. The summed E-state index contributed by atoms with van der Waals surface area (Å²) in [6.45, 7) is 0.936. The van der Waals surface area contributed by atoms with Gasteiger partial charge in [-0.2, -0.15) is 5.26 Å². The minimum atomic E-state index is -0.656. The molecule has 0 fully saturated rings. The van der Waals surface area contributed by atoms with Crippen LogP contribution in [0, 0.1) is 17.1 Å². The Morgan fingerprint density at radius 1 is 1.56 bits per heavy atom. The number of ether oxygens (including phenoxy) is 1. The van der Waals surface area contributed by atoms with Gasteiger partial charge in [0.1, 0.15) is 17.6 Å². The van der Waals surface area contributed by atoms with Gasteiger partial charge in [-0.05, 0) is 17.7 Å². The number of benzene rings is 1. The van der Waals surface area contributed by atoms with Crippen molar-refractivity contribution in [2.75, 3.05) is 20.3 Å². The van der Waals surface area contributed by atoms with E-state index in [2.05, 4.69) is 5.32 Å². The Labute approximate surface area is 93.3 Å². The van der Waals surface area contributed by atoms with Crippen LogP contribution in [0.1, 0.15) is 11.6 Å². The molecule has 0 saturated carbocycles. The SMILES string of the molecule is COCCNC(C#N)c1cc(O)cc(F)c1. The first-order valence-corrected chi connectivity index (χ1v) is 4.78. The predicted molar refractivity (Wildman–Crippen MR) is 56.3 cm³/mol. The van der Waals surface area contributed by atoms with Crippen molar-refractivity contribution >= 4 is 0 Å². The first-order valence-electron chi connectivity index (χ1n) is 4.78. The van der Waals surface area contributed by atoms with Crippen molar-refractivity contribution in [3.63, 3.8) is 0 Å². The quantitative estimate of drug-likeness (QED) is 0.740. The molecule has 0 aliphatic carbocycles. The van der Waals surface area contributed by atoms with Crippen molar-refractivity contribution < 1.29 is 14.2 Å². The number of halogens is 1. The van der Waals surface area contributed by atoms with E-state index in [-0.39, 0.29) is 5.75 Å². The van der Waals surface area contributed by atoms with Gasteiger partial charge in [0.2, 0.25) is 0 Å². The average molecular weight is 224 g/mol. The Balaban J connectivity index is 2.75. The largest absolute Gasteiger partial charge is 0.508 e. The minimum Gasteiger partial charge on any atom is -0.508 e. The number of rotatable bonds is 5. The summed E-state index contributed by atoms with van der Waals surface area (Å²) in [4.78, 5) is 0. The third-order valence-corrected chi connectivity index (χ3v) is 2.02. The fraction of sp³-hybridized carbons (Fsp3) is 0.364. The van der Waals surface area contributed by atoms with Crippen LogP contribution in [0.5, 0.6) is 5.75 Å². The summed E-state index contributed by atoms with van der Waals surface area (Å²) >= 11 is 0. The van der Waals surface area contributed by atoms with Crippen molar-refractivity contribution in [2.45, 2.75) is 6.04 Å².